The van der Waals surface area contributed by atoms with Crippen molar-refractivity contribution in [2.45, 2.75) is 6.54 Å². The molecule has 0 aliphatic heterocycles. The van der Waals surface area contributed by atoms with E-state index in [-0.39, 0.29) is 5.91 Å². The maximum absolute atomic E-state index is 11.9. The number of carbonyl (C=O) groups is 1. The van der Waals surface area contributed by atoms with E-state index in [1.807, 2.05) is 43.6 Å². The van der Waals surface area contributed by atoms with E-state index >= 15 is 0 Å². The molecular weight excluding hydrogens is 274 g/mol. The maximum atomic E-state index is 11.9. The second-order valence-corrected chi connectivity index (χ2v) is 5.14. The molecule has 0 atom stereocenters. The van der Waals surface area contributed by atoms with E-state index in [2.05, 4.69) is 28.6 Å². The molecule has 2 aromatic carbocycles. The van der Waals surface area contributed by atoms with E-state index in [4.69, 9.17) is 0 Å². The minimum Gasteiger partial charge on any atom is -0.348 e. The molecule has 4 nitrogen and oxygen atoms in total. The molecule has 0 bridgehead atoms. The molecule has 0 saturated heterocycles. The first-order valence-electron chi connectivity index (χ1n) is 7.13. The second-order valence-electron chi connectivity index (χ2n) is 5.14. The summed E-state index contributed by atoms with van der Waals surface area (Å²) in [4.78, 5) is 11.9. The fourth-order valence-electron chi connectivity index (χ4n) is 2.37. The molecule has 3 aromatic rings. The van der Waals surface area contributed by atoms with E-state index in [0.29, 0.717) is 6.54 Å². The molecule has 1 heterocycles. The first-order chi connectivity index (χ1) is 10.7. The Balaban J connectivity index is 1.68. The van der Waals surface area contributed by atoms with Crippen molar-refractivity contribution in [3.05, 3.63) is 72.1 Å². The number of aromatic nitrogens is 2. The molecule has 1 aromatic heterocycles. The molecule has 0 fully saturated rings. The zero-order valence-electron chi connectivity index (χ0n) is 12.4. The average molecular weight is 291 g/mol. The summed E-state index contributed by atoms with van der Waals surface area (Å²) in [5.74, 6) is -0.114. The molecule has 0 radical (unpaired) electrons. The Morgan fingerprint density at radius 2 is 2.05 bits per heavy atom. The number of nitrogens with zero attached hydrogens (tertiary/aromatic N) is 2. The summed E-state index contributed by atoms with van der Waals surface area (Å²) in [5.41, 5.74) is 2.02. The quantitative estimate of drug-likeness (QED) is 0.751. The monoisotopic (exact) mass is 291 g/mol. The van der Waals surface area contributed by atoms with Crippen LogP contribution in [0.15, 0.2) is 60.9 Å². The van der Waals surface area contributed by atoms with Gasteiger partial charge in [-0.3, -0.25) is 9.48 Å². The fourth-order valence-corrected chi connectivity index (χ4v) is 2.37. The summed E-state index contributed by atoms with van der Waals surface area (Å²) in [5, 5.41) is 9.23. The summed E-state index contributed by atoms with van der Waals surface area (Å²) in [6.45, 7) is 0.479. The normalized spacial score (nSPS) is 11.1. The molecule has 0 spiro atoms. The number of aryl methyl sites for hydroxylation is 1. The average Bonchev–Trinajstić information content (AvgIpc) is 2.96. The second kappa shape index (κ2) is 6.26. The van der Waals surface area contributed by atoms with E-state index in [1.165, 1.54) is 5.39 Å². The number of benzene rings is 2. The highest BCUT2D eigenvalue weighted by Gasteiger charge is 2.00. The van der Waals surface area contributed by atoms with Crippen LogP contribution in [0.3, 0.4) is 0 Å². The van der Waals surface area contributed by atoms with Crippen molar-refractivity contribution in [1.82, 2.24) is 15.1 Å². The molecule has 4 heteroatoms. The Kier molecular flexibility index (Phi) is 4.01. The lowest BCUT2D eigenvalue weighted by molar-refractivity contribution is -0.116. The number of carbonyl (C=O) groups excluding carboxylic acids is 1. The Hall–Kier alpha value is -2.88. The van der Waals surface area contributed by atoms with Crippen LogP contribution in [0.4, 0.5) is 0 Å². The minimum atomic E-state index is -0.114. The fraction of sp³-hybridized carbons (Fsp3) is 0.111. The van der Waals surface area contributed by atoms with Crippen molar-refractivity contribution in [3.63, 3.8) is 0 Å². The zero-order chi connectivity index (χ0) is 15.4. The van der Waals surface area contributed by atoms with Crippen molar-refractivity contribution in [2.24, 2.45) is 7.05 Å². The molecule has 0 unspecified atom stereocenters. The number of hydrogen-bond donors (Lipinski definition) is 1. The van der Waals surface area contributed by atoms with Crippen LogP contribution >= 0.6 is 0 Å². The van der Waals surface area contributed by atoms with Crippen molar-refractivity contribution in [2.75, 3.05) is 0 Å². The van der Waals surface area contributed by atoms with Crippen LogP contribution in [0, 0.1) is 0 Å². The molecular formula is C18H17N3O. The van der Waals surface area contributed by atoms with Crippen LogP contribution in [0.5, 0.6) is 0 Å². The molecule has 110 valence electrons. The third kappa shape index (κ3) is 3.23. The van der Waals surface area contributed by atoms with Gasteiger partial charge < -0.3 is 5.32 Å². The Labute approximate surface area is 129 Å². The van der Waals surface area contributed by atoms with E-state index in [0.717, 1.165) is 16.5 Å². The Bertz CT molecular complexity index is 828. The largest absolute Gasteiger partial charge is 0.348 e. The SMILES string of the molecule is Cn1cc(CNC(=O)/C=C/c2cccc3ccccc23)cn1. The van der Waals surface area contributed by atoms with Gasteiger partial charge in [-0.2, -0.15) is 5.10 Å². The van der Waals surface area contributed by atoms with E-state index in [9.17, 15) is 4.79 Å². The summed E-state index contributed by atoms with van der Waals surface area (Å²) in [6, 6.07) is 14.2. The molecule has 0 aliphatic carbocycles. The third-order valence-corrected chi connectivity index (χ3v) is 3.46. The van der Waals surface area contributed by atoms with Gasteiger partial charge in [0.2, 0.25) is 5.91 Å². The lowest BCUT2D eigenvalue weighted by atomic mass is 10.0. The number of hydrogen-bond acceptors (Lipinski definition) is 2. The van der Waals surface area contributed by atoms with Crippen LogP contribution in [0.25, 0.3) is 16.8 Å². The van der Waals surface area contributed by atoms with Gasteiger partial charge in [0.25, 0.3) is 0 Å². The van der Waals surface area contributed by atoms with Crippen LogP contribution in [-0.2, 0) is 18.4 Å². The van der Waals surface area contributed by atoms with Gasteiger partial charge in [-0.05, 0) is 22.4 Å². The zero-order valence-corrected chi connectivity index (χ0v) is 12.4. The summed E-state index contributed by atoms with van der Waals surface area (Å²) < 4.78 is 1.72. The summed E-state index contributed by atoms with van der Waals surface area (Å²) in [6.07, 6.45) is 7.04. The summed E-state index contributed by atoms with van der Waals surface area (Å²) >= 11 is 0. The number of rotatable bonds is 4. The summed E-state index contributed by atoms with van der Waals surface area (Å²) in [7, 11) is 1.85. The van der Waals surface area contributed by atoms with Gasteiger partial charge in [-0.15, -0.1) is 0 Å². The van der Waals surface area contributed by atoms with Crippen LogP contribution in [-0.4, -0.2) is 15.7 Å². The van der Waals surface area contributed by atoms with Gasteiger partial charge in [0.05, 0.1) is 6.20 Å². The van der Waals surface area contributed by atoms with Gasteiger partial charge in [0.15, 0.2) is 0 Å². The number of nitrogens with one attached hydrogen (secondary N) is 1. The van der Waals surface area contributed by atoms with Gasteiger partial charge in [-0.1, -0.05) is 42.5 Å². The lowest BCUT2D eigenvalue weighted by Gasteiger charge is -2.02. The highest BCUT2D eigenvalue weighted by Crippen LogP contribution is 2.19. The molecule has 1 amide bonds. The minimum absolute atomic E-state index is 0.114. The van der Waals surface area contributed by atoms with Crippen molar-refractivity contribution in [3.8, 4) is 0 Å². The topological polar surface area (TPSA) is 46.9 Å². The maximum Gasteiger partial charge on any atom is 0.244 e. The van der Waals surface area contributed by atoms with Crippen molar-refractivity contribution in [1.29, 1.82) is 0 Å². The standard InChI is InChI=1S/C18H17N3O/c1-21-13-14(12-20-21)11-19-18(22)10-9-16-7-4-6-15-5-2-3-8-17(15)16/h2-10,12-13H,11H2,1H3,(H,19,22)/b10-9+. The van der Waals surface area contributed by atoms with Gasteiger partial charge >= 0.3 is 0 Å². The van der Waals surface area contributed by atoms with Crippen LogP contribution in [0.1, 0.15) is 11.1 Å². The predicted molar refractivity (Wildman–Crippen MR) is 88.0 cm³/mol. The third-order valence-electron chi connectivity index (χ3n) is 3.46. The van der Waals surface area contributed by atoms with Gasteiger partial charge in [0, 0.05) is 31.4 Å². The number of fused-ring (bicyclic) bond motifs is 1. The smallest absolute Gasteiger partial charge is 0.244 e. The van der Waals surface area contributed by atoms with Gasteiger partial charge in [0.1, 0.15) is 0 Å². The molecule has 0 saturated carbocycles. The van der Waals surface area contributed by atoms with Crippen molar-refractivity contribution >= 4 is 22.8 Å². The Morgan fingerprint density at radius 1 is 1.23 bits per heavy atom. The highest BCUT2D eigenvalue weighted by atomic mass is 16.1. The van der Waals surface area contributed by atoms with Gasteiger partial charge in [-0.25, -0.2) is 0 Å². The number of amides is 1. The first kappa shape index (κ1) is 14.1. The van der Waals surface area contributed by atoms with Crippen LogP contribution in [0.2, 0.25) is 0 Å². The molecule has 3 rings (SSSR count). The Morgan fingerprint density at radius 3 is 2.86 bits per heavy atom. The first-order valence-corrected chi connectivity index (χ1v) is 7.13. The van der Waals surface area contributed by atoms with Crippen LogP contribution < -0.4 is 5.32 Å². The highest BCUT2D eigenvalue weighted by molar-refractivity contribution is 5.96. The van der Waals surface area contributed by atoms with E-state index in [1.54, 1.807) is 17.0 Å². The molecule has 0 aliphatic rings. The molecule has 22 heavy (non-hydrogen) atoms. The van der Waals surface area contributed by atoms with E-state index < -0.39 is 0 Å². The predicted octanol–water partition coefficient (Wildman–Crippen LogP) is 2.90. The lowest BCUT2D eigenvalue weighted by Crippen LogP contribution is -2.19. The molecule has 1 N–H and O–H groups in total. The van der Waals surface area contributed by atoms with Crippen molar-refractivity contribution < 1.29 is 4.79 Å².